The average Bonchev–Trinajstić information content (AvgIpc) is 3.26. The van der Waals surface area contributed by atoms with Gasteiger partial charge < -0.3 is 40.1 Å². The molecule has 12 nitrogen and oxygen atoms in total. The number of nitrogens with one attached hydrogen (secondary N) is 2. The van der Waals surface area contributed by atoms with Crippen LogP contribution in [0.25, 0.3) is 0 Å². The summed E-state index contributed by atoms with van der Waals surface area (Å²) >= 11 is 0. The van der Waals surface area contributed by atoms with Gasteiger partial charge in [0.15, 0.2) is 17.9 Å². The van der Waals surface area contributed by atoms with Crippen molar-refractivity contribution in [1.29, 1.82) is 0 Å². The fourth-order valence-corrected chi connectivity index (χ4v) is 4.58. The molecular formula is C23H32N4O8. The Morgan fingerprint density at radius 1 is 1.03 bits per heavy atom. The molecule has 3 amide bonds. The van der Waals surface area contributed by atoms with Crippen LogP contribution in [0.5, 0.6) is 0 Å². The maximum Gasteiger partial charge on any atom is 0.253 e. The molecule has 4 N–H and O–H groups in total. The van der Waals surface area contributed by atoms with Gasteiger partial charge in [-0.05, 0) is 46.8 Å². The number of primary amides is 1. The van der Waals surface area contributed by atoms with Gasteiger partial charge in [0.2, 0.25) is 11.8 Å². The molecule has 3 saturated heterocycles. The molecule has 0 aliphatic carbocycles. The number of rotatable bonds is 7. The highest BCUT2D eigenvalue weighted by Gasteiger charge is 2.62. The Morgan fingerprint density at radius 2 is 1.69 bits per heavy atom. The normalized spacial score (nSPS) is 32.1. The van der Waals surface area contributed by atoms with Gasteiger partial charge in [0.25, 0.3) is 5.91 Å². The predicted molar refractivity (Wildman–Crippen MR) is 119 cm³/mol. The number of hydrogen-bond acceptors (Lipinski definition) is 9. The Morgan fingerprint density at radius 3 is 2.34 bits per heavy atom. The molecular weight excluding hydrogens is 460 g/mol. The topological polar surface area (TPSA) is 160 Å². The van der Waals surface area contributed by atoms with E-state index in [1.54, 1.807) is 46.0 Å². The first-order valence-electron chi connectivity index (χ1n) is 11.5. The lowest BCUT2D eigenvalue weighted by Crippen LogP contribution is -2.63. The lowest BCUT2D eigenvalue weighted by Gasteiger charge is -2.41. The standard InChI is InChI=1S/C23H32N4O8/c1-11(26-20(30)12-7-6-8-25-10-12)19(29)27-13(9-14(24)28)15-16-17(33-22(2,3)32-16)18-21(31-15)35-23(4,5)34-18/h6-8,10-11,13,15-18,21H,9H2,1-5H3,(H2,24,28)(H,26,30)(H,27,29)/t11-,13+,15+,16-,17-,18+,21+/m0/s1. The maximum atomic E-state index is 13.0. The van der Waals surface area contributed by atoms with Crippen molar-refractivity contribution in [2.24, 2.45) is 5.73 Å². The summed E-state index contributed by atoms with van der Waals surface area (Å²) in [6, 6.07) is 1.40. The van der Waals surface area contributed by atoms with Gasteiger partial charge in [0, 0.05) is 18.8 Å². The summed E-state index contributed by atoms with van der Waals surface area (Å²) in [5, 5.41) is 5.40. The van der Waals surface area contributed by atoms with Crippen molar-refractivity contribution >= 4 is 17.7 Å². The fraction of sp³-hybridized carbons (Fsp3) is 0.652. The van der Waals surface area contributed by atoms with E-state index in [1.165, 1.54) is 13.1 Å². The number of aromatic nitrogens is 1. The summed E-state index contributed by atoms with van der Waals surface area (Å²) in [4.78, 5) is 41.3. The van der Waals surface area contributed by atoms with Crippen LogP contribution in [-0.4, -0.2) is 77.1 Å². The highest BCUT2D eigenvalue weighted by molar-refractivity contribution is 5.97. The molecule has 3 fully saturated rings. The van der Waals surface area contributed by atoms with Gasteiger partial charge in [0.1, 0.15) is 30.5 Å². The van der Waals surface area contributed by atoms with Gasteiger partial charge in [-0.25, -0.2) is 0 Å². The van der Waals surface area contributed by atoms with Crippen molar-refractivity contribution in [2.75, 3.05) is 0 Å². The molecule has 0 saturated carbocycles. The van der Waals surface area contributed by atoms with Crippen LogP contribution in [0.1, 0.15) is 51.4 Å². The molecule has 3 aliphatic heterocycles. The van der Waals surface area contributed by atoms with E-state index in [4.69, 9.17) is 29.4 Å². The third kappa shape index (κ3) is 5.62. The van der Waals surface area contributed by atoms with Crippen LogP contribution in [0.3, 0.4) is 0 Å². The molecule has 1 aromatic heterocycles. The van der Waals surface area contributed by atoms with Crippen LogP contribution < -0.4 is 16.4 Å². The van der Waals surface area contributed by atoms with Crippen LogP contribution in [0.2, 0.25) is 0 Å². The van der Waals surface area contributed by atoms with Gasteiger partial charge in [-0.2, -0.15) is 0 Å². The number of nitrogens with zero attached hydrogens (tertiary/aromatic N) is 1. The molecule has 7 atom stereocenters. The minimum Gasteiger partial charge on any atom is -0.370 e. The SMILES string of the molecule is C[C@H](NC(=O)c1cccnc1)C(=O)N[C@H](CC(N)=O)[C@H]1O[C@@H]2OC(C)(C)O[C@@H]2[C@H]2OC(C)(C)O[C@H]21. The minimum absolute atomic E-state index is 0.228. The third-order valence-corrected chi connectivity index (χ3v) is 6.00. The zero-order valence-electron chi connectivity index (χ0n) is 20.3. The van der Waals surface area contributed by atoms with E-state index < -0.39 is 72.1 Å². The second kappa shape index (κ2) is 9.43. The number of ether oxygens (including phenoxy) is 5. The quantitative estimate of drug-likeness (QED) is 0.474. The molecule has 0 aromatic carbocycles. The number of hydrogen-bond donors (Lipinski definition) is 3. The highest BCUT2D eigenvalue weighted by Crippen LogP contribution is 2.45. The fourth-order valence-electron chi connectivity index (χ4n) is 4.58. The van der Waals surface area contributed by atoms with Crippen molar-refractivity contribution in [3.05, 3.63) is 30.1 Å². The van der Waals surface area contributed by atoms with Crippen LogP contribution in [-0.2, 0) is 33.3 Å². The molecule has 192 valence electrons. The Bertz CT molecular complexity index is 972. The molecule has 3 aliphatic rings. The number of pyridine rings is 1. The van der Waals surface area contributed by atoms with Crippen LogP contribution in [0.15, 0.2) is 24.5 Å². The van der Waals surface area contributed by atoms with Gasteiger partial charge in [-0.3, -0.25) is 19.4 Å². The Hall–Kier alpha value is -2.64. The molecule has 12 heteroatoms. The summed E-state index contributed by atoms with van der Waals surface area (Å²) in [6.07, 6.45) is -0.725. The Kier molecular flexibility index (Phi) is 6.86. The first-order valence-corrected chi connectivity index (χ1v) is 11.5. The van der Waals surface area contributed by atoms with E-state index in [0.29, 0.717) is 5.56 Å². The van der Waals surface area contributed by atoms with E-state index in [0.717, 1.165) is 0 Å². The Balaban J connectivity index is 1.51. The minimum atomic E-state index is -0.950. The molecule has 35 heavy (non-hydrogen) atoms. The smallest absolute Gasteiger partial charge is 0.253 e. The van der Waals surface area contributed by atoms with Gasteiger partial charge in [-0.1, -0.05) is 0 Å². The van der Waals surface area contributed by atoms with Gasteiger partial charge >= 0.3 is 0 Å². The molecule has 0 radical (unpaired) electrons. The van der Waals surface area contributed by atoms with Crippen LogP contribution in [0, 0.1) is 0 Å². The van der Waals surface area contributed by atoms with Crippen LogP contribution >= 0.6 is 0 Å². The third-order valence-electron chi connectivity index (χ3n) is 6.00. The lowest BCUT2D eigenvalue weighted by molar-refractivity contribution is -0.240. The number of carbonyl (C=O) groups is 3. The van der Waals surface area contributed by atoms with E-state index in [2.05, 4.69) is 15.6 Å². The van der Waals surface area contributed by atoms with Crippen LogP contribution in [0.4, 0.5) is 0 Å². The van der Waals surface area contributed by atoms with E-state index >= 15 is 0 Å². The Labute approximate surface area is 203 Å². The molecule has 4 rings (SSSR count). The van der Waals surface area contributed by atoms with E-state index in [-0.39, 0.29) is 6.42 Å². The highest BCUT2D eigenvalue weighted by atomic mass is 16.9. The number of fused-ring (bicyclic) bond motifs is 3. The summed E-state index contributed by atoms with van der Waals surface area (Å²) in [7, 11) is 0. The zero-order valence-corrected chi connectivity index (χ0v) is 20.3. The molecule has 0 spiro atoms. The summed E-state index contributed by atoms with van der Waals surface area (Å²) in [5.41, 5.74) is 5.81. The first kappa shape index (κ1) is 25.5. The second-order valence-corrected chi connectivity index (χ2v) is 9.86. The first-order chi connectivity index (χ1) is 16.3. The summed E-state index contributed by atoms with van der Waals surface area (Å²) in [6.45, 7) is 8.57. The van der Waals surface area contributed by atoms with Crippen molar-refractivity contribution in [3.8, 4) is 0 Å². The van der Waals surface area contributed by atoms with E-state index in [9.17, 15) is 14.4 Å². The summed E-state index contributed by atoms with van der Waals surface area (Å²) in [5.74, 6) is -3.51. The van der Waals surface area contributed by atoms with Gasteiger partial charge in [-0.15, -0.1) is 0 Å². The van der Waals surface area contributed by atoms with Crippen molar-refractivity contribution in [3.63, 3.8) is 0 Å². The van der Waals surface area contributed by atoms with Crippen molar-refractivity contribution in [1.82, 2.24) is 15.6 Å². The number of amides is 3. The van der Waals surface area contributed by atoms with Gasteiger partial charge in [0.05, 0.1) is 11.6 Å². The predicted octanol–water partition coefficient (Wildman–Crippen LogP) is -0.0434. The van der Waals surface area contributed by atoms with Crippen molar-refractivity contribution < 1.29 is 38.1 Å². The molecule has 1 aromatic rings. The second-order valence-electron chi connectivity index (χ2n) is 9.86. The largest absolute Gasteiger partial charge is 0.370 e. The summed E-state index contributed by atoms with van der Waals surface area (Å²) < 4.78 is 30.3. The van der Waals surface area contributed by atoms with E-state index in [1.807, 2.05) is 0 Å². The molecule has 0 bridgehead atoms. The molecule has 0 unspecified atom stereocenters. The molecule has 4 heterocycles. The zero-order chi connectivity index (χ0) is 25.5. The van der Waals surface area contributed by atoms with Crippen molar-refractivity contribution in [2.45, 2.75) is 95.4 Å². The number of nitrogens with two attached hydrogens (primary N) is 1. The maximum absolute atomic E-state index is 13.0. The number of carbonyl (C=O) groups excluding carboxylic acids is 3. The lowest BCUT2D eigenvalue weighted by atomic mass is 9.92. The average molecular weight is 493 g/mol. The monoisotopic (exact) mass is 492 g/mol.